The number of epoxide rings is 1. The maximum absolute atomic E-state index is 12.4. The summed E-state index contributed by atoms with van der Waals surface area (Å²) in [6, 6.07) is 4.54. The third kappa shape index (κ3) is 3.08. The lowest BCUT2D eigenvalue weighted by Crippen LogP contribution is -2.39. The Morgan fingerprint density at radius 3 is 2.05 bits per heavy atom. The molecule has 1 aliphatic rings. The van der Waals surface area contributed by atoms with Gasteiger partial charge in [0.15, 0.2) is 6.10 Å². The number of aliphatic hydroxyl groups excluding tert-OH is 1. The second-order valence-corrected chi connectivity index (χ2v) is 5.67. The summed E-state index contributed by atoms with van der Waals surface area (Å²) in [5, 5.41) is 10.1. The van der Waals surface area contributed by atoms with E-state index in [0.717, 1.165) is 12.1 Å². The van der Waals surface area contributed by atoms with Crippen LogP contribution in [0.3, 0.4) is 0 Å². The fourth-order valence-corrected chi connectivity index (χ4v) is 2.03. The van der Waals surface area contributed by atoms with Gasteiger partial charge in [-0.1, -0.05) is 12.1 Å². The van der Waals surface area contributed by atoms with Gasteiger partial charge in [0.05, 0.1) is 26.7 Å². The van der Waals surface area contributed by atoms with Crippen LogP contribution in [-0.4, -0.2) is 43.1 Å². The van der Waals surface area contributed by atoms with Gasteiger partial charge in [-0.3, -0.25) is 0 Å². The summed E-state index contributed by atoms with van der Waals surface area (Å²) in [6.45, 7) is 0. The number of quaternary nitrogens is 1. The van der Waals surface area contributed by atoms with Crippen molar-refractivity contribution in [2.24, 2.45) is 0 Å². The topological polar surface area (TPSA) is 32.8 Å². The van der Waals surface area contributed by atoms with Crippen LogP contribution in [0.15, 0.2) is 24.3 Å². The van der Waals surface area contributed by atoms with E-state index in [1.54, 1.807) is 0 Å². The predicted molar refractivity (Wildman–Crippen MR) is 63.1 cm³/mol. The van der Waals surface area contributed by atoms with Gasteiger partial charge in [0.1, 0.15) is 6.10 Å². The van der Waals surface area contributed by atoms with Gasteiger partial charge in [0, 0.05) is 0 Å². The Morgan fingerprint density at radius 2 is 1.68 bits per heavy atom. The lowest BCUT2D eigenvalue weighted by Gasteiger charge is -2.21. The highest BCUT2D eigenvalue weighted by Gasteiger charge is 2.54. The van der Waals surface area contributed by atoms with Gasteiger partial charge in [-0.2, -0.15) is 13.2 Å². The molecule has 6 heteroatoms. The third-order valence-electron chi connectivity index (χ3n) is 3.16. The Labute approximate surface area is 109 Å². The molecule has 1 aromatic carbocycles. The number of rotatable bonds is 3. The summed E-state index contributed by atoms with van der Waals surface area (Å²) in [4.78, 5) is 0. The molecule has 0 amide bonds. The molecule has 1 saturated heterocycles. The van der Waals surface area contributed by atoms with E-state index < -0.39 is 17.8 Å². The van der Waals surface area contributed by atoms with Crippen LogP contribution in [-0.2, 0) is 10.9 Å². The highest BCUT2D eigenvalue weighted by Crippen LogP contribution is 2.38. The van der Waals surface area contributed by atoms with Crippen LogP contribution in [0.25, 0.3) is 0 Å². The molecule has 0 saturated carbocycles. The average Bonchev–Trinajstić information content (AvgIpc) is 3.06. The highest BCUT2D eigenvalue weighted by atomic mass is 19.4. The standard InChI is InChI=1S/C13H17F3NO2/c1-17(2,3)12-11(19-12)10(18)8-4-6-9(7-5-8)13(14,15)16/h4-7,10-12,18H,1-3H3/q+1/t10-,11?,12?/m1/s1. The van der Waals surface area contributed by atoms with E-state index >= 15 is 0 Å². The SMILES string of the molecule is C[N+](C)(C)C1OC1[C@H](O)c1ccc(C(F)(F)F)cc1. The quantitative estimate of drug-likeness (QED) is 0.678. The first-order valence-electron chi connectivity index (χ1n) is 5.92. The minimum Gasteiger partial charge on any atom is -0.385 e. The number of halogens is 3. The molecule has 1 N–H and O–H groups in total. The van der Waals surface area contributed by atoms with Crippen molar-refractivity contribution in [2.75, 3.05) is 21.1 Å². The Morgan fingerprint density at radius 1 is 1.16 bits per heavy atom. The average molecular weight is 276 g/mol. The van der Waals surface area contributed by atoms with Gasteiger partial charge in [-0.15, -0.1) is 0 Å². The molecule has 2 unspecified atom stereocenters. The maximum Gasteiger partial charge on any atom is 0.416 e. The van der Waals surface area contributed by atoms with Gasteiger partial charge in [-0.05, 0) is 17.7 Å². The van der Waals surface area contributed by atoms with Crippen LogP contribution < -0.4 is 0 Å². The van der Waals surface area contributed by atoms with Crippen LogP contribution >= 0.6 is 0 Å². The number of aliphatic hydroxyl groups is 1. The second kappa shape index (κ2) is 4.47. The van der Waals surface area contributed by atoms with Gasteiger partial charge in [0.25, 0.3) is 0 Å². The van der Waals surface area contributed by atoms with E-state index in [1.165, 1.54) is 12.1 Å². The van der Waals surface area contributed by atoms with Crippen molar-refractivity contribution >= 4 is 0 Å². The molecule has 19 heavy (non-hydrogen) atoms. The minimum atomic E-state index is -4.36. The molecule has 2 rings (SSSR count). The summed E-state index contributed by atoms with van der Waals surface area (Å²) < 4.78 is 43.2. The molecule has 0 spiro atoms. The van der Waals surface area contributed by atoms with Crippen LogP contribution in [0.4, 0.5) is 13.2 Å². The number of hydrogen-bond donors (Lipinski definition) is 1. The number of nitrogens with zero attached hydrogens (tertiary/aromatic N) is 1. The van der Waals surface area contributed by atoms with Gasteiger partial charge in [-0.25, -0.2) is 0 Å². The van der Waals surface area contributed by atoms with Gasteiger partial charge in [0.2, 0.25) is 6.23 Å². The zero-order chi connectivity index (χ0) is 14.4. The van der Waals surface area contributed by atoms with Crippen LogP contribution in [0.2, 0.25) is 0 Å². The van der Waals surface area contributed by atoms with Gasteiger partial charge < -0.3 is 14.3 Å². The fraction of sp³-hybridized carbons (Fsp3) is 0.538. The van der Waals surface area contributed by atoms with Crippen molar-refractivity contribution in [2.45, 2.75) is 24.6 Å². The zero-order valence-corrected chi connectivity index (χ0v) is 11.0. The number of hydrogen-bond acceptors (Lipinski definition) is 2. The molecule has 0 radical (unpaired) electrons. The summed E-state index contributed by atoms with van der Waals surface area (Å²) in [5.74, 6) is 0. The fourth-order valence-electron chi connectivity index (χ4n) is 2.03. The molecule has 3 atom stereocenters. The summed E-state index contributed by atoms with van der Waals surface area (Å²) in [6.07, 6.45) is -5.75. The minimum absolute atomic E-state index is 0.128. The Bertz CT molecular complexity index is 450. The summed E-state index contributed by atoms with van der Waals surface area (Å²) >= 11 is 0. The molecule has 106 valence electrons. The molecule has 1 aromatic rings. The molecule has 0 aromatic heterocycles. The van der Waals surface area contributed by atoms with E-state index in [2.05, 4.69) is 0 Å². The Balaban J connectivity index is 2.08. The summed E-state index contributed by atoms with van der Waals surface area (Å²) in [5.41, 5.74) is -0.280. The van der Waals surface area contributed by atoms with Crippen LogP contribution in [0, 0.1) is 0 Å². The van der Waals surface area contributed by atoms with Crippen molar-refractivity contribution in [3.63, 3.8) is 0 Å². The van der Waals surface area contributed by atoms with Crippen LogP contribution in [0.1, 0.15) is 17.2 Å². The Kier molecular flexibility index (Phi) is 3.36. The first-order chi connectivity index (χ1) is 8.60. The first kappa shape index (κ1) is 14.3. The molecule has 3 nitrogen and oxygen atoms in total. The van der Waals surface area contributed by atoms with Crippen molar-refractivity contribution in [3.8, 4) is 0 Å². The molecule has 1 fully saturated rings. The van der Waals surface area contributed by atoms with E-state index in [9.17, 15) is 18.3 Å². The van der Waals surface area contributed by atoms with Crippen molar-refractivity contribution in [1.82, 2.24) is 0 Å². The van der Waals surface area contributed by atoms with Crippen molar-refractivity contribution < 1.29 is 27.5 Å². The summed E-state index contributed by atoms with van der Waals surface area (Å²) in [7, 11) is 5.80. The van der Waals surface area contributed by atoms with E-state index in [-0.39, 0.29) is 12.3 Å². The number of ether oxygens (including phenoxy) is 1. The van der Waals surface area contributed by atoms with E-state index in [0.29, 0.717) is 10.0 Å². The highest BCUT2D eigenvalue weighted by molar-refractivity contribution is 5.27. The molecular weight excluding hydrogens is 259 g/mol. The molecular formula is C13H17F3NO2+. The Hall–Kier alpha value is -1.11. The molecule has 0 bridgehead atoms. The monoisotopic (exact) mass is 276 g/mol. The first-order valence-corrected chi connectivity index (χ1v) is 5.92. The third-order valence-corrected chi connectivity index (χ3v) is 3.16. The largest absolute Gasteiger partial charge is 0.416 e. The molecule has 1 heterocycles. The van der Waals surface area contributed by atoms with Crippen molar-refractivity contribution in [1.29, 1.82) is 0 Å². The number of likely N-dealkylation sites (N-methyl/N-ethyl adjacent to an activating group) is 1. The van der Waals surface area contributed by atoms with E-state index in [4.69, 9.17) is 4.74 Å². The van der Waals surface area contributed by atoms with Crippen molar-refractivity contribution in [3.05, 3.63) is 35.4 Å². The van der Waals surface area contributed by atoms with Gasteiger partial charge >= 0.3 is 6.18 Å². The smallest absolute Gasteiger partial charge is 0.385 e. The maximum atomic E-state index is 12.4. The lowest BCUT2D eigenvalue weighted by atomic mass is 10.0. The predicted octanol–water partition coefficient (Wildman–Crippen LogP) is 2.17. The molecule has 0 aliphatic carbocycles. The number of benzene rings is 1. The van der Waals surface area contributed by atoms with Crippen LogP contribution in [0.5, 0.6) is 0 Å². The second-order valence-electron chi connectivity index (χ2n) is 5.67. The zero-order valence-electron chi connectivity index (χ0n) is 11.0. The normalized spacial score (nSPS) is 25.2. The van der Waals surface area contributed by atoms with E-state index in [1.807, 2.05) is 21.1 Å². The lowest BCUT2D eigenvalue weighted by molar-refractivity contribution is -0.892. The number of alkyl halides is 3. The molecule has 1 aliphatic heterocycles.